The minimum atomic E-state index is -0.0581. The molecule has 0 radical (unpaired) electrons. The molecule has 0 N–H and O–H groups in total. The summed E-state index contributed by atoms with van der Waals surface area (Å²) in [6.45, 7) is 4.75. The summed E-state index contributed by atoms with van der Waals surface area (Å²) in [5, 5.41) is 7.79. The van der Waals surface area contributed by atoms with Crippen molar-refractivity contribution in [3.05, 3.63) is 169 Å². The van der Waals surface area contributed by atoms with Gasteiger partial charge in [0.25, 0.3) is 0 Å². The predicted molar refractivity (Wildman–Crippen MR) is 193 cm³/mol. The summed E-state index contributed by atoms with van der Waals surface area (Å²) in [4.78, 5) is 0. The van der Waals surface area contributed by atoms with Gasteiger partial charge in [-0.05, 0) is 100 Å². The van der Waals surface area contributed by atoms with Crippen molar-refractivity contribution in [3.8, 4) is 44.5 Å². The van der Waals surface area contributed by atoms with Crippen LogP contribution in [0.4, 0.5) is 0 Å². The van der Waals surface area contributed by atoms with Gasteiger partial charge in [-0.1, -0.05) is 159 Å². The first-order valence-electron chi connectivity index (χ1n) is 15.9. The molecule has 0 aliphatic heterocycles. The maximum absolute atomic E-state index is 2.43. The van der Waals surface area contributed by atoms with E-state index in [9.17, 15) is 0 Å². The molecule has 1 aliphatic rings. The fourth-order valence-electron chi connectivity index (χ4n) is 7.99. The van der Waals surface area contributed by atoms with Crippen LogP contribution in [0.25, 0.3) is 76.8 Å². The first kappa shape index (κ1) is 26.0. The molecule has 0 bridgehead atoms. The van der Waals surface area contributed by atoms with Gasteiger partial charge in [0.1, 0.15) is 0 Å². The lowest BCUT2D eigenvalue weighted by atomic mass is 9.80. The predicted octanol–water partition coefficient (Wildman–Crippen LogP) is 12.5. The van der Waals surface area contributed by atoms with Gasteiger partial charge in [0.05, 0.1) is 0 Å². The number of fused-ring (bicyclic) bond motifs is 7. The van der Waals surface area contributed by atoms with Crippen LogP contribution in [0, 0.1) is 0 Å². The maximum atomic E-state index is 2.43. The molecule has 0 heteroatoms. The molecule has 0 spiro atoms. The van der Waals surface area contributed by atoms with Crippen molar-refractivity contribution in [3.63, 3.8) is 0 Å². The van der Waals surface area contributed by atoms with E-state index in [1.54, 1.807) is 0 Å². The van der Waals surface area contributed by atoms with Crippen LogP contribution in [0.2, 0.25) is 0 Å². The van der Waals surface area contributed by atoms with Crippen LogP contribution in [0.15, 0.2) is 158 Å². The molecule has 0 saturated carbocycles. The lowest BCUT2D eigenvalue weighted by molar-refractivity contribution is 0.666. The Balaban J connectivity index is 1.32. The molecule has 0 amide bonds. The van der Waals surface area contributed by atoms with Gasteiger partial charge in [-0.3, -0.25) is 0 Å². The molecule has 8 aromatic rings. The Hall–Kier alpha value is -5.46. The van der Waals surface area contributed by atoms with E-state index in [1.807, 2.05) is 0 Å². The van der Waals surface area contributed by atoms with E-state index in [-0.39, 0.29) is 5.41 Å². The Morgan fingerprint density at radius 2 is 0.889 bits per heavy atom. The minimum absolute atomic E-state index is 0.0581. The average Bonchev–Trinajstić information content (AvgIpc) is 3.33. The number of benzene rings is 8. The van der Waals surface area contributed by atoms with E-state index in [4.69, 9.17) is 0 Å². The third-order valence-corrected chi connectivity index (χ3v) is 10.0. The third kappa shape index (κ3) is 3.85. The van der Waals surface area contributed by atoms with Crippen molar-refractivity contribution < 1.29 is 0 Å². The first-order chi connectivity index (χ1) is 22.1. The molecule has 0 aromatic heterocycles. The van der Waals surface area contributed by atoms with Gasteiger partial charge < -0.3 is 0 Å². The lowest BCUT2D eigenvalue weighted by Crippen LogP contribution is -2.15. The zero-order valence-electron chi connectivity index (χ0n) is 25.5. The van der Waals surface area contributed by atoms with E-state index in [0.29, 0.717) is 0 Å². The molecule has 9 rings (SSSR count). The molecule has 0 saturated heterocycles. The number of hydrogen-bond donors (Lipinski definition) is 0. The second kappa shape index (κ2) is 9.78. The summed E-state index contributed by atoms with van der Waals surface area (Å²) in [5.41, 5.74) is 13.1. The van der Waals surface area contributed by atoms with Crippen LogP contribution < -0.4 is 0 Å². The summed E-state index contributed by atoms with van der Waals surface area (Å²) in [7, 11) is 0. The van der Waals surface area contributed by atoms with Gasteiger partial charge in [-0.15, -0.1) is 0 Å². The largest absolute Gasteiger partial charge is 0.0622 e. The zero-order chi connectivity index (χ0) is 30.1. The Morgan fingerprint density at radius 3 is 1.58 bits per heavy atom. The number of rotatable bonds is 3. The van der Waals surface area contributed by atoms with Crippen molar-refractivity contribution in [2.75, 3.05) is 0 Å². The topological polar surface area (TPSA) is 0 Å². The van der Waals surface area contributed by atoms with Gasteiger partial charge in [0.2, 0.25) is 0 Å². The molecule has 0 fully saturated rings. The molecule has 45 heavy (non-hydrogen) atoms. The first-order valence-corrected chi connectivity index (χ1v) is 15.9. The number of hydrogen-bond acceptors (Lipinski definition) is 0. The fourth-order valence-corrected chi connectivity index (χ4v) is 7.99. The Bertz CT molecular complexity index is 2430. The third-order valence-electron chi connectivity index (χ3n) is 10.0. The molecule has 8 aromatic carbocycles. The highest BCUT2D eigenvalue weighted by Gasteiger charge is 2.37. The molecule has 0 atom stereocenters. The highest BCUT2D eigenvalue weighted by atomic mass is 14.4. The Kier molecular flexibility index (Phi) is 5.64. The van der Waals surface area contributed by atoms with Gasteiger partial charge >= 0.3 is 0 Å². The summed E-state index contributed by atoms with van der Waals surface area (Å²) in [6.07, 6.45) is 0. The highest BCUT2D eigenvalue weighted by Crippen LogP contribution is 2.52. The minimum Gasteiger partial charge on any atom is -0.0622 e. The Labute approximate surface area is 264 Å². The van der Waals surface area contributed by atoms with E-state index in [2.05, 4.69) is 172 Å². The summed E-state index contributed by atoms with van der Waals surface area (Å²) in [5.74, 6) is 0. The van der Waals surface area contributed by atoms with Crippen LogP contribution >= 0.6 is 0 Å². The lowest BCUT2D eigenvalue weighted by Gasteiger charge is -2.23. The second-order valence-corrected chi connectivity index (χ2v) is 12.9. The van der Waals surface area contributed by atoms with Crippen molar-refractivity contribution >= 4 is 32.3 Å². The molecular formula is C45H32. The zero-order valence-corrected chi connectivity index (χ0v) is 25.5. The highest BCUT2D eigenvalue weighted by molar-refractivity contribution is 6.22. The van der Waals surface area contributed by atoms with Crippen LogP contribution in [-0.4, -0.2) is 0 Å². The average molecular weight is 573 g/mol. The van der Waals surface area contributed by atoms with E-state index < -0.39 is 0 Å². The van der Waals surface area contributed by atoms with Crippen LogP contribution in [0.1, 0.15) is 25.0 Å². The van der Waals surface area contributed by atoms with E-state index in [0.717, 1.165) is 0 Å². The summed E-state index contributed by atoms with van der Waals surface area (Å²) < 4.78 is 0. The van der Waals surface area contributed by atoms with Gasteiger partial charge in [-0.25, -0.2) is 0 Å². The van der Waals surface area contributed by atoms with E-state index in [1.165, 1.54) is 88.0 Å². The maximum Gasteiger partial charge on any atom is 0.0165 e. The van der Waals surface area contributed by atoms with Gasteiger partial charge in [0.15, 0.2) is 0 Å². The SMILES string of the molecule is CC1(C)c2ccc(-c3ccc4c(-c5ccccc5)c5ccccc5c(-c5ccccc5)c4c3)cc2-c2ccc3ccccc3c21. The molecular weight excluding hydrogens is 540 g/mol. The molecule has 0 heterocycles. The molecule has 0 nitrogen and oxygen atoms in total. The Morgan fingerprint density at radius 1 is 0.356 bits per heavy atom. The summed E-state index contributed by atoms with van der Waals surface area (Å²) in [6, 6.07) is 58.3. The molecule has 212 valence electrons. The van der Waals surface area contributed by atoms with Gasteiger partial charge in [-0.2, -0.15) is 0 Å². The van der Waals surface area contributed by atoms with Crippen LogP contribution in [0.5, 0.6) is 0 Å². The normalized spacial score (nSPS) is 13.3. The van der Waals surface area contributed by atoms with Crippen molar-refractivity contribution in [1.82, 2.24) is 0 Å². The van der Waals surface area contributed by atoms with Crippen LogP contribution in [-0.2, 0) is 5.41 Å². The molecule has 1 aliphatic carbocycles. The van der Waals surface area contributed by atoms with E-state index >= 15 is 0 Å². The molecule has 0 unspecified atom stereocenters. The summed E-state index contributed by atoms with van der Waals surface area (Å²) >= 11 is 0. The van der Waals surface area contributed by atoms with Crippen molar-refractivity contribution in [2.45, 2.75) is 19.3 Å². The quantitative estimate of drug-likeness (QED) is 0.185. The second-order valence-electron chi connectivity index (χ2n) is 12.9. The standard InChI is InChI=1S/C45H32/c1-45(2)41-26-23-33(27-39(41)38-25-21-29-13-9-10-18-34(29)44(38)45)32-22-24-37-40(28-32)43(31-16-7-4-8-17-31)36-20-12-11-19-35(36)42(37)30-14-5-3-6-15-30/h3-28H,1-2H3. The van der Waals surface area contributed by atoms with Crippen molar-refractivity contribution in [1.29, 1.82) is 0 Å². The van der Waals surface area contributed by atoms with Crippen molar-refractivity contribution in [2.24, 2.45) is 0 Å². The fraction of sp³-hybridized carbons (Fsp3) is 0.0667. The smallest absolute Gasteiger partial charge is 0.0165 e. The van der Waals surface area contributed by atoms with Gasteiger partial charge in [0, 0.05) is 5.41 Å². The monoisotopic (exact) mass is 572 g/mol. The van der Waals surface area contributed by atoms with Crippen LogP contribution in [0.3, 0.4) is 0 Å².